The van der Waals surface area contributed by atoms with Gasteiger partial charge in [-0.3, -0.25) is 4.79 Å². The van der Waals surface area contributed by atoms with Crippen LogP contribution in [0, 0.1) is 25.6 Å². The number of aryl methyl sites for hydroxylation is 2. The quantitative estimate of drug-likeness (QED) is 0.643. The molecule has 30 heavy (non-hydrogen) atoms. The molecule has 3 rings (SSSR count). The molecule has 2 aromatic carbocycles. The molecule has 4 nitrogen and oxygen atoms in total. The summed E-state index contributed by atoms with van der Waals surface area (Å²) in [5.41, 5.74) is 4.23. The molecule has 1 N–H and O–H groups in total. The first kappa shape index (κ1) is 22.3. The van der Waals surface area contributed by atoms with E-state index in [-0.39, 0.29) is 24.8 Å². The smallest absolute Gasteiger partial charge is 0.308 e. The monoisotopic (exact) mass is 414 g/mol. The van der Waals surface area contributed by atoms with E-state index in [2.05, 4.69) is 32.9 Å². The van der Waals surface area contributed by atoms with E-state index in [0.717, 1.165) is 34.4 Å². The third kappa shape index (κ3) is 5.60. The van der Waals surface area contributed by atoms with Crippen molar-refractivity contribution in [2.75, 3.05) is 6.61 Å². The van der Waals surface area contributed by atoms with E-state index in [1.165, 1.54) is 12.1 Å². The van der Waals surface area contributed by atoms with Crippen molar-refractivity contribution in [3.8, 4) is 5.75 Å². The van der Waals surface area contributed by atoms with Gasteiger partial charge in [-0.1, -0.05) is 43.7 Å². The summed E-state index contributed by atoms with van der Waals surface area (Å²) < 4.78 is 25.1. The molecule has 0 aliphatic carbocycles. The highest BCUT2D eigenvalue weighted by atomic mass is 19.1. The maximum atomic E-state index is 13.5. The zero-order valence-corrected chi connectivity index (χ0v) is 18.2. The Bertz CT molecular complexity index is 875. The van der Waals surface area contributed by atoms with Crippen molar-refractivity contribution in [2.24, 2.45) is 5.92 Å². The van der Waals surface area contributed by atoms with Gasteiger partial charge in [-0.15, -0.1) is 0 Å². The first-order chi connectivity index (χ1) is 14.2. The van der Waals surface area contributed by atoms with E-state index in [4.69, 9.17) is 9.47 Å². The Hall–Kier alpha value is -2.40. The number of cyclic esters (lactones) is 1. The Morgan fingerprint density at radius 2 is 1.90 bits per heavy atom. The van der Waals surface area contributed by atoms with Crippen LogP contribution in [-0.2, 0) is 9.53 Å². The molecule has 1 saturated heterocycles. The van der Waals surface area contributed by atoms with Gasteiger partial charge in [0.2, 0.25) is 0 Å². The number of aliphatic hydroxyl groups is 1. The first-order valence-electron chi connectivity index (χ1n) is 10.6. The molecular weight excluding hydrogens is 383 g/mol. The lowest BCUT2D eigenvalue weighted by atomic mass is 9.83. The van der Waals surface area contributed by atoms with Crippen LogP contribution in [0.1, 0.15) is 61.3 Å². The summed E-state index contributed by atoms with van der Waals surface area (Å²) in [7, 11) is 0. The van der Waals surface area contributed by atoms with Crippen LogP contribution in [0.5, 0.6) is 5.75 Å². The normalized spacial score (nSPS) is 20.2. The minimum Gasteiger partial charge on any atom is -0.489 e. The van der Waals surface area contributed by atoms with Gasteiger partial charge in [0.1, 0.15) is 24.3 Å². The number of halogens is 1. The minimum absolute atomic E-state index is 0.0341. The van der Waals surface area contributed by atoms with Gasteiger partial charge in [-0.05, 0) is 49.4 Å². The second-order valence-electron chi connectivity index (χ2n) is 8.75. The molecule has 1 aliphatic rings. The molecule has 0 spiro atoms. The fourth-order valence-electron chi connectivity index (χ4n) is 4.19. The summed E-state index contributed by atoms with van der Waals surface area (Å²) in [6.07, 6.45) is 0.142. The molecule has 2 unspecified atom stereocenters. The summed E-state index contributed by atoms with van der Waals surface area (Å²) in [4.78, 5) is 11.6. The third-order valence-electron chi connectivity index (χ3n) is 5.45. The van der Waals surface area contributed by atoms with Gasteiger partial charge in [0.05, 0.1) is 12.5 Å². The van der Waals surface area contributed by atoms with Gasteiger partial charge in [0.15, 0.2) is 0 Å². The Morgan fingerprint density at radius 3 is 2.53 bits per heavy atom. The molecule has 2 aromatic rings. The number of hydrogen-bond donors (Lipinski definition) is 1. The molecule has 3 atom stereocenters. The Labute approximate surface area is 178 Å². The van der Waals surface area contributed by atoms with E-state index in [1.54, 1.807) is 0 Å². The van der Waals surface area contributed by atoms with E-state index in [1.807, 2.05) is 19.1 Å². The van der Waals surface area contributed by atoms with Gasteiger partial charge < -0.3 is 14.6 Å². The van der Waals surface area contributed by atoms with Crippen molar-refractivity contribution < 1.29 is 23.8 Å². The lowest BCUT2D eigenvalue weighted by molar-refractivity contribution is -0.162. The maximum absolute atomic E-state index is 13.5. The Morgan fingerprint density at radius 1 is 1.20 bits per heavy atom. The number of benzene rings is 2. The molecule has 0 radical (unpaired) electrons. The largest absolute Gasteiger partial charge is 0.489 e. The van der Waals surface area contributed by atoms with Crippen LogP contribution in [0.2, 0.25) is 0 Å². The minimum atomic E-state index is -0.689. The second kappa shape index (κ2) is 9.61. The van der Waals surface area contributed by atoms with Crippen molar-refractivity contribution in [1.29, 1.82) is 0 Å². The molecule has 0 aromatic heterocycles. The summed E-state index contributed by atoms with van der Waals surface area (Å²) in [5.74, 6) is 0.609. The summed E-state index contributed by atoms with van der Waals surface area (Å²) in [6.45, 7) is 8.59. The number of aliphatic hydroxyl groups excluding tert-OH is 1. The highest BCUT2D eigenvalue weighted by Crippen LogP contribution is 2.39. The van der Waals surface area contributed by atoms with Crippen molar-refractivity contribution in [3.63, 3.8) is 0 Å². The van der Waals surface area contributed by atoms with Crippen LogP contribution in [0.4, 0.5) is 4.39 Å². The molecule has 1 aliphatic heterocycles. The Balaban J connectivity index is 1.93. The van der Waals surface area contributed by atoms with E-state index in [0.29, 0.717) is 12.3 Å². The predicted octanol–water partition coefficient (Wildman–Crippen LogP) is 5.07. The SMILES string of the molecule is Cc1cc(C)c(OCC2CC(O)CC(=O)O2)c([C@@H](CC(C)C)c2ccc(F)cc2)c1. The lowest BCUT2D eigenvalue weighted by Gasteiger charge is -2.28. The van der Waals surface area contributed by atoms with E-state index < -0.39 is 18.2 Å². The topological polar surface area (TPSA) is 55.8 Å². The molecule has 0 saturated carbocycles. The van der Waals surface area contributed by atoms with E-state index >= 15 is 0 Å². The van der Waals surface area contributed by atoms with Crippen LogP contribution in [-0.4, -0.2) is 29.9 Å². The van der Waals surface area contributed by atoms with E-state index in [9.17, 15) is 14.3 Å². The molecule has 1 heterocycles. The van der Waals surface area contributed by atoms with Crippen LogP contribution >= 0.6 is 0 Å². The van der Waals surface area contributed by atoms with Crippen LogP contribution < -0.4 is 4.74 Å². The number of rotatable bonds is 7. The molecule has 0 bridgehead atoms. The third-order valence-corrected chi connectivity index (χ3v) is 5.45. The van der Waals surface area contributed by atoms with Crippen LogP contribution in [0.15, 0.2) is 36.4 Å². The number of esters is 1. The molecule has 1 fully saturated rings. The summed E-state index contributed by atoms with van der Waals surface area (Å²) >= 11 is 0. The highest BCUT2D eigenvalue weighted by molar-refractivity contribution is 5.71. The molecule has 0 amide bonds. The van der Waals surface area contributed by atoms with Crippen molar-refractivity contribution >= 4 is 5.97 Å². The van der Waals surface area contributed by atoms with Crippen molar-refractivity contribution in [3.05, 3.63) is 64.5 Å². The van der Waals surface area contributed by atoms with Crippen molar-refractivity contribution in [2.45, 2.75) is 65.1 Å². The standard InChI is InChI=1S/C25H31FO4/c1-15(2)9-22(18-5-7-19(26)8-6-18)23-11-16(3)10-17(4)25(23)29-14-21-12-20(27)13-24(28)30-21/h5-8,10-11,15,20-22,27H,9,12-14H2,1-4H3/t20?,21?,22-/m0/s1. The van der Waals surface area contributed by atoms with Gasteiger partial charge in [-0.25, -0.2) is 4.39 Å². The zero-order chi connectivity index (χ0) is 21.8. The zero-order valence-electron chi connectivity index (χ0n) is 18.2. The van der Waals surface area contributed by atoms with Gasteiger partial charge >= 0.3 is 5.97 Å². The average molecular weight is 415 g/mol. The van der Waals surface area contributed by atoms with Crippen LogP contribution in [0.25, 0.3) is 0 Å². The summed E-state index contributed by atoms with van der Waals surface area (Å²) in [5, 5.41) is 9.86. The number of ether oxygens (including phenoxy) is 2. The Kier molecular flexibility index (Phi) is 7.14. The second-order valence-corrected chi connectivity index (χ2v) is 8.75. The molecular formula is C25H31FO4. The summed E-state index contributed by atoms with van der Waals surface area (Å²) in [6, 6.07) is 10.9. The first-order valence-corrected chi connectivity index (χ1v) is 10.6. The fourth-order valence-corrected chi connectivity index (χ4v) is 4.19. The number of carbonyl (C=O) groups is 1. The van der Waals surface area contributed by atoms with Crippen molar-refractivity contribution in [1.82, 2.24) is 0 Å². The van der Waals surface area contributed by atoms with Crippen LogP contribution in [0.3, 0.4) is 0 Å². The number of hydrogen-bond acceptors (Lipinski definition) is 4. The lowest BCUT2D eigenvalue weighted by Crippen LogP contribution is -2.36. The average Bonchev–Trinajstić information content (AvgIpc) is 2.65. The maximum Gasteiger partial charge on any atom is 0.308 e. The highest BCUT2D eigenvalue weighted by Gasteiger charge is 2.29. The van der Waals surface area contributed by atoms with Gasteiger partial charge in [0, 0.05) is 17.9 Å². The predicted molar refractivity (Wildman–Crippen MR) is 114 cm³/mol. The molecule has 162 valence electrons. The fraction of sp³-hybridized carbons (Fsp3) is 0.480. The van der Waals surface area contributed by atoms with Gasteiger partial charge in [0.25, 0.3) is 0 Å². The van der Waals surface area contributed by atoms with Gasteiger partial charge in [-0.2, -0.15) is 0 Å². The number of carbonyl (C=O) groups excluding carboxylic acids is 1. The molecule has 5 heteroatoms.